The van der Waals surface area contributed by atoms with Crippen molar-refractivity contribution in [3.8, 4) is 0 Å². The number of benzene rings is 2. The van der Waals surface area contributed by atoms with Crippen LogP contribution in [-0.2, 0) is 20.0 Å². The summed E-state index contributed by atoms with van der Waals surface area (Å²) in [5.74, 6) is -0.376. The summed E-state index contributed by atoms with van der Waals surface area (Å²) in [5, 5.41) is 0.564. The molecule has 0 radical (unpaired) electrons. The Hall–Kier alpha value is -2.57. The Kier molecular flexibility index (Phi) is 4.53. The van der Waals surface area contributed by atoms with Crippen molar-refractivity contribution in [1.29, 1.82) is 0 Å². The number of carbonyl (C=O) groups is 2. The van der Waals surface area contributed by atoms with Gasteiger partial charge in [-0.25, -0.2) is 4.79 Å². The van der Waals surface area contributed by atoms with Gasteiger partial charge in [0.25, 0.3) is 0 Å². The first kappa shape index (κ1) is 17.8. The summed E-state index contributed by atoms with van der Waals surface area (Å²) in [7, 11) is 0. The van der Waals surface area contributed by atoms with Gasteiger partial charge < -0.3 is 9.47 Å². The van der Waals surface area contributed by atoms with Gasteiger partial charge >= 0.3 is 12.0 Å². The summed E-state index contributed by atoms with van der Waals surface area (Å²) in [6, 6.07) is 14.9. The molecule has 2 amide bonds. The maximum absolute atomic E-state index is 13.3. The second kappa shape index (κ2) is 6.87. The van der Waals surface area contributed by atoms with E-state index in [1.54, 1.807) is 15.9 Å². The smallest absolute Gasteiger partial charge is 0.327 e. The molecule has 7 heteroatoms. The number of rotatable bonds is 4. The minimum atomic E-state index is -1.00. The van der Waals surface area contributed by atoms with Gasteiger partial charge in [-0.3, -0.25) is 14.6 Å². The maximum Gasteiger partial charge on any atom is 0.327 e. The highest BCUT2D eigenvalue weighted by atomic mass is 35.5. The number of anilines is 1. The number of ether oxygens (including phenoxy) is 2. The summed E-state index contributed by atoms with van der Waals surface area (Å²) in [5.41, 5.74) is 1.38. The number of amides is 2. The van der Waals surface area contributed by atoms with E-state index in [1.807, 2.05) is 42.5 Å². The number of fused-ring (bicyclic) bond motifs is 3. The standard InChI is InChI=1S/C20H19ClN2O4/c1-14(24)26-11-9-22-18-8-7-16(21)13-17(18)20(15-5-3-2-4-6-15)23(19(22)25)10-12-27-20/h2-8,13H,9-12H2,1H3. The van der Waals surface area contributed by atoms with Gasteiger partial charge in [0.15, 0.2) is 5.72 Å². The van der Waals surface area contributed by atoms with Crippen LogP contribution < -0.4 is 4.90 Å². The molecule has 140 valence electrons. The van der Waals surface area contributed by atoms with E-state index in [9.17, 15) is 9.59 Å². The van der Waals surface area contributed by atoms with Gasteiger partial charge in [-0.15, -0.1) is 0 Å². The van der Waals surface area contributed by atoms with Crippen LogP contribution in [0.15, 0.2) is 48.5 Å². The summed E-state index contributed by atoms with van der Waals surface area (Å²) in [6.45, 7) is 2.61. The predicted molar refractivity (Wildman–Crippen MR) is 101 cm³/mol. The van der Waals surface area contributed by atoms with Crippen LogP contribution in [-0.4, -0.2) is 43.2 Å². The number of hydrogen-bond acceptors (Lipinski definition) is 4. The molecule has 1 atom stereocenters. The lowest BCUT2D eigenvalue weighted by atomic mass is 9.89. The van der Waals surface area contributed by atoms with Crippen molar-refractivity contribution in [2.24, 2.45) is 0 Å². The Labute approximate surface area is 162 Å². The van der Waals surface area contributed by atoms with Crippen LogP contribution in [0.1, 0.15) is 18.1 Å². The number of esters is 1. The molecule has 2 aromatic rings. The summed E-state index contributed by atoms with van der Waals surface area (Å²) in [4.78, 5) is 27.7. The Morgan fingerprint density at radius 2 is 2.04 bits per heavy atom. The fourth-order valence-electron chi connectivity index (χ4n) is 3.79. The minimum Gasteiger partial charge on any atom is -0.464 e. The maximum atomic E-state index is 13.3. The normalized spacial score (nSPS) is 21.0. The largest absolute Gasteiger partial charge is 0.464 e. The van der Waals surface area contributed by atoms with Crippen molar-refractivity contribution in [3.05, 3.63) is 64.7 Å². The molecule has 1 saturated heterocycles. The summed E-state index contributed by atoms with van der Waals surface area (Å²) in [6.07, 6.45) is 0. The Bertz CT molecular complexity index is 889. The van der Waals surface area contributed by atoms with E-state index in [0.29, 0.717) is 23.9 Å². The molecule has 0 spiro atoms. The molecule has 1 fully saturated rings. The zero-order chi connectivity index (χ0) is 19.0. The highest BCUT2D eigenvalue weighted by Gasteiger charge is 2.54. The lowest BCUT2D eigenvalue weighted by Crippen LogP contribution is -2.57. The van der Waals surface area contributed by atoms with Crippen LogP contribution in [0.2, 0.25) is 5.02 Å². The van der Waals surface area contributed by atoms with Gasteiger partial charge in [-0.05, 0) is 18.2 Å². The van der Waals surface area contributed by atoms with Gasteiger partial charge in [0.2, 0.25) is 0 Å². The van der Waals surface area contributed by atoms with Crippen LogP contribution in [0.25, 0.3) is 0 Å². The molecule has 1 unspecified atom stereocenters. The van der Waals surface area contributed by atoms with E-state index in [1.165, 1.54) is 6.92 Å². The molecule has 2 aliphatic rings. The Morgan fingerprint density at radius 3 is 2.78 bits per heavy atom. The third-order valence-electron chi connectivity index (χ3n) is 4.87. The van der Waals surface area contributed by atoms with Crippen molar-refractivity contribution in [3.63, 3.8) is 0 Å². The van der Waals surface area contributed by atoms with Crippen LogP contribution in [0, 0.1) is 0 Å². The molecule has 0 aromatic heterocycles. The third-order valence-corrected chi connectivity index (χ3v) is 5.10. The fraction of sp³-hybridized carbons (Fsp3) is 0.300. The van der Waals surface area contributed by atoms with Crippen LogP contribution in [0.5, 0.6) is 0 Å². The number of urea groups is 1. The van der Waals surface area contributed by atoms with Crippen molar-refractivity contribution < 1.29 is 19.1 Å². The molecule has 2 aromatic carbocycles. The average molecular weight is 387 g/mol. The molecule has 27 heavy (non-hydrogen) atoms. The molecule has 0 aliphatic carbocycles. The van der Waals surface area contributed by atoms with E-state index < -0.39 is 5.72 Å². The van der Waals surface area contributed by atoms with Crippen LogP contribution >= 0.6 is 11.6 Å². The summed E-state index contributed by atoms with van der Waals surface area (Å²) < 4.78 is 11.3. The van der Waals surface area contributed by atoms with Crippen LogP contribution in [0.3, 0.4) is 0 Å². The highest BCUT2D eigenvalue weighted by molar-refractivity contribution is 6.30. The highest BCUT2D eigenvalue weighted by Crippen LogP contribution is 2.49. The first-order chi connectivity index (χ1) is 13.0. The van der Waals surface area contributed by atoms with Crippen molar-refractivity contribution in [1.82, 2.24) is 4.90 Å². The first-order valence-corrected chi connectivity index (χ1v) is 9.14. The molecule has 4 rings (SSSR count). The fourth-order valence-corrected chi connectivity index (χ4v) is 3.96. The molecule has 0 saturated carbocycles. The molecular formula is C20H19ClN2O4. The zero-order valence-corrected chi connectivity index (χ0v) is 15.6. The lowest BCUT2D eigenvalue weighted by molar-refractivity contribution is -0.140. The molecule has 2 aliphatic heterocycles. The van der Waals surface area contributed by atoms with Gasteiger partial charge in [0.1, 0.15) is 6.61 Å². The first-order valence-electron chi connectivity index (χ1n) is 8.76. The van der Waals surface area contributed by atoms with Crippen molar-refractivity contribution in [2.45, 2.75) is 12.6 Å². The number of nitrogens with zero attached hydrogens (tertiary/aromatic N) is 2. The number of halogens is 1. The Morgan fingerprint density at radius 1 is 1.26 bits per heavy atom. The topological polar surface area (TPSA) is 59.1 Å². The van der Waals surface area contributed by atoms with E-state index in [0.717, 1.165) is 11.1 Å². The van der Waals surface area contributed by atoms with E-state index in [2.05, 4.69) is 0 Å². The number of carbonyl (C=O) groups excluding carboxylic acids is 2. The quantitative estimate of drug-likeness (QED) is 0.756. The van der Waals surface area contributed by atoms with E-state index in [-0.39, 0.29) is 25.2 Å². The van der Waals surface area contributed by atoms with Gasteiger partial charge in [-0.2, -0.15) is 0 Å². The van der Waals surface area contributed by atoms with Gasteiger partial charge in [0.05, 0.1) is 18.8 Å². The SMILES string of the molecule is CC(=O)OCCN1C(=O)N2CCOC2(c2ccccc2)c2cc(Cl)ccc21. The van der Waals surface area contributed by atoms with Crippen LogP contribution in [0.4, 0.5) is 10.5 Å². The van der Waals surface area contributed by atoms with Gasteiger partial charge in [0, 0.05) is 29.6 Å². The Balaban J connectivity index is 1.84. The van der Waals surface area contributed by atoms with Crippen molar-refractivity contribution >= 4 is 29.3 Å². The second-order valence-electron chi connectivity index (χ2n) is 6.45. The second-order valence-corrected chi connectivity index (χ2v) is 6.88. The molecule has 2 heterocycles. The summed E-state index contributed by atoms with van der Waals surface area (Å²) >= 11 is 6.30. The molecular weight excluding hydrogens is 368 g/mol. The molecule has 0 N–H and O–H groups in total. The minimum absolute atomic E-state index is 0.121. The lowest BCUT2D eigenvalue weighted by Gasteiger charge is -2.46. The third kappa shape index (κ3) is 2.85. The monoisotopic (exact) mass is 386 g/mol. The molecule has 6 nitrogen and oxygen atoms in total. The zero-order valence-electron chi connectivity index (χ0n) is 14.9. The number of hydrogen-bond donors (Lipinski definition) is 0. The predicted octanol–water partition coefficient (Wildman–Crippen LogP) is 3.38. The van der Waals surface area contributed by atoms with E-state index >= 15 is 0 Å². The molecule has 0 bridgehead atoms. The van der Waals surface area contributed by atoms with Crippen molar-refractivity contribution in [2.75, 3.05) is 31.2 Å². The van der Waals surface area contributed by atoms with Gasteiger partial charge in [-0.1, -0.05) is 41.9 Å². The average Bonchev–Trinajstić information content (AvgIpc) is 3.12. The van der Waals surface area contributed by atoms with E-state index in [4.69, 9.17) is 21.1 Å².